The lowest BCUT2D eigenvalue weighted by molar-refractivity contribution is -0.139. The van der Waals surface area contributed by atoms with Crippen LogP contribution in [0.25, 0.3) is 0 Å². The minimum absolute atomic E-state index is 0.101. The van der Waals surface area contributed by atoms with Crippen LogP contribution < -0.4 is 5.32 Å². The van der Waals surface area contributed by atoms with Crippen molar-refractivity contribution >= 4 is 11.8 Å². The first kappa shape index (κ1) is 23.9. The molecule has 3 fully saturated rings. The number of hydrogen-bond acceptors (Lipinski definition) is 2. The number of halogens is 3. The molecular formula is C28H31F3N2O2. The summed E-state index contributed by atoms with van der Waals surface area (Å²) in [6.45, 7) is 0.815. The first-order valence-corrected chi connectivity index (χ1v) is 12.6. The lowest BCUT2D eigenvalue weighted by Gasteiger charge is -2.53. The zero-order valence-electron chi connectivity index (χ0n) is 19.7. The predicted molar refractivity (Wildman–Crippen MR) is 127 cm³/mol. The SMILES string of the molecule is O=C(N[C@H]1CC[C@@]23CCCN2C(=O)CCC[C@H]3[C@H]1Cc1ccccc1)c1ccc(C(F)(F)F)cc1. The number of nitrogens with zero attached hydrogens (tertiary/aromatic N) is 1. The third-order valence-electron chi connectivity index (χ3n) is 8.45. The van der Waals surface area contributed by atoms with Gasteiger partial charge in [0, 0.05) is 30.1 Å². The summed E-state index contributed by atoms with van der Waals surface area (Å²) in [6, 6.07) is 14.5. The third kappa shape index (κ3) is 4.57. The van der Waals surface area contributed by atoms with Crippen LogP contribution in [0.5, 0.6) is 0 Å². The minimum atomic E-state index is -4.43. The van der Waals surface area contributed by atoms with Gasteiger partial charge in [-0.05, 0) is 86.6 Å². The largest absolute Gasteiger partial charge is 0.416 e. The standard InChI is InChI=1S/C28H31F3N2O2/c29-28(30,31)21-12-10-20(11-13-21)26(35)32-24-14-16-27-15-5-17-33(27)25(34)9-4-8-23(27)22(24)18-19-6-2-1-3-7-19/h1-3,6-7,10-13,22-24H,4-5,8-9,14-18H2,(H,32,35)/t22-,23+,24+,27-/m1/s1. The molecule has 0 unspecified atom stereocenters. The normalized spacial score (nSPS) is 28.7. The second-order valence-electron chi connectivity index (χ2n) is 10.3. The van der Waals surface area contributed by atoms with Crippen molar-refractivity contribution in [3.05, 3.63) is 71.3 Å². The van der Waals surface area contributed by atoms with Crippen molar-refractivity contribution in [2.75, 3.05) is 6.54 Å². The van der Waals surface area contributed by atoms with E-state index in [0.29, 0.717) is 6.42 Å². The summed E-state index contributed by atoms with van der Waals surface area (Å²) >= 11 is 0. The fourth-order valence-electron chi connectivity index (χ4n) is 6.91. The van der Waals surface area contributed by atoms with Crippen LogP contribution in [0.4, 0.5) is 13.2 Å². The number of hydrogen-bond donors (Lipinski definition) is 1. The van der Waals surface area contributed by atoms with E-state index in [1.807, 2.05) is 18.2 Å². The Kier molecular flexibility index (Phi) is 6.36. The Hall–Kier alpha value is -2.83. The fourth-order valence-corrected chi connectivity index (χ4v) is 6.91. The van der Waals surface area contributed by atoms with Crippen LogP contribution in [-0.4, -0.2) is 34.8 Å². The first-order chi connectivity index (χ1) is 16.8. The molecule has 1 aliphatic carbocycles. The van der Waals surface area contributed by atoms with E-state index in [4.69, 9.17) is 0 Å². The van der Waals surface area contributed by atoms with Gasteiger partial charge in [-0.1, -0.05) is 30.3 Å². The Balaban J connectivity index is 1.42. The van der Waals surface area contributed by atoms with Crippen LogP contribution >= 0.6 is 0 Å². The first-order valence-electron chi connectivity index (χ1n) is 12.6. The van der Waals surface area contributed by atoms with E-state index in [9.17, 15) is 22.8 Å². The summed E-state index contributed by atoms with van der Waals surface area (Å²) in [5.41, 5.74) is 0.529. The van der Waals surface area contributed by atoms with Crippen molar-refractivity contribution in [3.8, 4) is 0 Å². The van der Waals surface area contributed by atoms with E-state index < -0.39 is 11.7 Å². The van der Waals surface area contributed by atoms with Gasteiger partial charge >= 0.3 is 6.18 Å². The van der Waals surface area contributed by atoms with Crippen LogP contribution in [0.1, 0.15) is 66.4 Å². The second-order valence-corrected chi connectivity index (χ2v) is 10.3. The van der Waals surface area contributed by atoms with Gasteiger partial charge in [0.15, 0.2) is 0 Å². The maximum atomic E-state index is 13.1. The number of benzene rings is 2. The summed E-state index contributed by atoms with van der Waals surface area (Å²) in [4.78, 5) is 28.2. The van der Waals surface area contributed by atoms with Crippen molar-refractivity contribution < 1.29 is 22.8 Å². The molecule has 0 bridgehead atoms. The Labute approximate surface area is 203 Å². The van der Waals surface area contributed by atoms with Crippen molar-refractivity contribution in [1.82, 2.24) is 10.2 Å². The summed E-state index contributed by atoms with van der Waals surface area (Å²) in [5, 5.41) is 3.18. The Morgan fingerprint density at radius 1 is 1.00 bits per heavy atom. The van der Waals surface area contributed by atoms with Gasteiger partial charge in [-0.15, -0.1) is 0 Å². The molecule has 1 saturated carbocycles. The Morgan fingerprint density at radius 2 is 1.74 bits per heavy atom. The van der Waals surface area contributed by atoms with E-state index in [1.54, 1.807) is 0 Å². The number of carbonyl (C=O) groups is 2. The molecule has 5 rings (SSSR count). The Morgan fingerprint density at radius 3 is 2.46 bits per heavy atom. The maximum absolute atomic E-state index is 13.1. The Bertz CT molecular complexity index is 1070. The molecule has 0 radical (unpaired) electrons. The highest BCUT2D eigenvalue weighted by Crippen LogP contribution is 2.52. The molecular weight excluding hydrogens is 453 g/mol. The number of amides is 2. The molecule has 3 aliphatic rings. The van der Waals surface area contributed by atoms with Gasteiger partial charge in [0.25, 0.3) is 5.91 Å². The van der Waals surface area contributed by atoms with E-state index in [1.165, 1.54) is 17.7 Å². The average molecular weight is 485 g/mol. The van der Waals surface area contributed by atoms with Gasteiger partial charge in [0.1, 0.15) is 0 Å². The van der Waals surface area contributed by atoms with Crippen LogP contribution in [-0.2, 0) is 17.4 Å². The smallest absolute Gasteiger partial charge is 0.349 e. The number of rotatable bonds is 4. The molecule has 2 aromatic rings. The second kappa shape index (κ2) is 9.32. The molecule has 2 aromatic carbocycles. The molecule has 2 aliphatic heterocycles. The van der Waals surface area contributed by atoms with Crippen LogP contribution in [0.3, 0.4) is 0 Å². The van der Waals surface area contributed by atoms with Crippen LogP contribution in [0.15, 0.2) is 54.6 Å². The summed E-state index contributed by atoms with van der Waals surface area (Å²) in [7, 11) is 0. The van der Waals surface area contributed by atoms with Crippen molar-refractivity contribution in [3.63, 3.8) is 0 Å². The van der Waals surface area contributed by atoms with E-state index in [2.05, 4.69) is 22.3 Å². The lowest BCUT2D eigenvalue weighted by Crippen LogP contribution is -2.60. The van der Waals surface area contributed by atoms with Gasteiger partial charge in [0.05, 0.1) is 5.56 Å². The highest BCUT2D eigenvalue weighted by atomic mass is 19.4. The van der Waals surface area contributed by atoms with Crippen LogP contribution in [0, 0.1) is 11.8 Å². The van der Waals surface area contributed by atoms with Crippen molar-refractivity contribution in [1.29, 1.82) is 0 Å². The molecule has 2 amide bonds. The molecule has 0 aromatic heterocycles. The summed E-state index contributed by atoms with van der Waals surface area (Å²) in [6.07, 6.45) is 2.39. The molecule has 7 heteroatoms. The van der Waals surface area contributed by atoms with Gasteiger partial charge < -0.3 is 10.2 Å². The summed E-state index contributed by atoms with van der Waals surface area (Å²) in [5.74, 6) is 0.348. The topological polar surface area (TPSA) is 49.4 Å². The van der Waals surface area contributed by atoms with Gasteiger partial charge in [-0.2, -0.15) is 13.2 Å². The van der Waals surface area contributed by atoms with E-state index >= 15 is 0 Å². The quantitative estimate of drug-likeness (QED) is 0.613. The van der Waals surface area contributed by atoms with Gasteiger partial charge in [-0.25, -0.2) is 0 Å². The van der Waals surface area contributed by atoms with Gasteiger partial charge in [0.2, 0.25) is 5.91 Å². The zero-order chi connectivity index (χ0) is 24.6. The van der Waals surface area contributed by atoms with Crippen molar-refractivity contribution in [2.24, 2.45) is 11.8 Å². The molecule has 2 heterocycles. The maximum Gasteiger partial charge on any atom is 0.416 e. The zero-order valence-corrected chi connectivity index (χ0v) is 19.7. The lowest BCUT2D eigenvalue weighted by atomic mass is 9.61. The molecule has 4 atom stereocenters. The highest BCUT2D eigenvalue weighted by Gasteiger charge is 2.56. The third-order valence-corrected chi connectivity index (χ3v) is 8.45. The highest BCUT2D eigenvalue weighted by molar-refractivity contribution is 5.94. The van der Waals surface area contributed by atoms with E-state index in [0.717, 1.165) is 63.6 Å². The molecule has 1 N–H and O–H groups in total. The molecule has 35 heavy (non-hydrogen) atoms. The summed E-state index contributed by atoms with van der Waals surface area (Å²) < 4.78 is 38.8. The number of carbonyl (C=O) groups excluding carboxylic acids is 2. The number of nitrogens with one attached hydrogen (secondary N) is 1. The van der Waals surface area contributed by atoms with Crippen LogP contribution in [0.2, 0.25) is 0 Å². The van der Waals surface area contributed by atoms with Crippen molar-refractivity contribution in [2.45, 2.75) is 69.1 Å². The predicted octanol–water partition coefficient (Wildman–Crippen LogP) is 5.62. The molecule has 4 nitrogen and oxygen atoms in total. The molecule has 186 valence electrons. The fraction of sp³-hybridized carbons (Fsp3) is 0.500. The van der Waals surface area contributed by atoms with Gasteiger partial charge in [-0.3, -0.25) is 9.59 Å². The van der Waals surface area contributed by atoms with E-state index in [-0.39, 0.29) is 40.8 Å². The molecule has 2 saturated heterocycles. The molecule has 1 spiro atoms. The average Bonchev–Trinajstić information content (AvgIpc) is 3.21. The monoisotopic (exact) mass is 484 g/mol. The number of alkyl halides is 3. The minimum Gasteiger partial charge on any atom is -0.349 e.